The lowest BCUT2D eigenvalue weighted by atomic mass is 10.1. The Morgan fingerprint density at radius 1 is 1.06 bits per heavy atom. The number of hydrogen-bond donors (Lipinski definition) is 2. The quantitative estimate of drug-likeness (QED) is 0.408. The summed E-state index contributed by atoms with van der Waals surface area (Å²) in [5.74, 6) is 4.91. The minimum Gasteiger partial charge on any atom is -0.493 e. The molecule has 0 aliphatic carbocycles. The molecule has 0 saturated heterocycles. The minimum absolute atomic E-state index is 0.108. The third-order valence-electron chi connectivity index (χ3n) is 4.43. The SMILES string of the molecule is COc1cc(CC(=O)NOC(=O)C(NS(C)(=O)=O)C(C)C)ccc1OCC#Cc1ccccc1. The summed E-state index contributed by atoms with van der Waals surface area (Å²) in [6.45, 7) is 3.45. The number of carbonyl (C=O) groups excluding carboxylic acids is 2. The van der Waals surface area contributed by atoms with E-state index in [4.69, 9.17) is 14.3 Å². The summed E-state index contributed by atoms with van der Waals surface area (Å²) in [6.07, 6.45) is 0.828. The molecule has 182 valence electrons. The van der Waals surface area contributed by atoms with E-state index in [1.165, 1.54) is 7.11 Å². The van der Waals surface area contributed by atoms with Crippen LogP contribution in [0.15, 0.2) is 48.5 Å². The molecule has 0 aliphatic heterocycles. The van der Waals surface area contributed by atoms with Crippen LogP contribution in [0.3, 0.4) is 0 Å². The Morgan fingerprint density at radius 3 is 2.38 bits per heavy atom. The molecule has 10 heteroatoms. The lowest BCUT2D eigenvalue weighted by molar-refractivity contribution is -0.160. The number of rotatable bonds is 9. The summed E-state index contributed by atoms with van der Waals surface area (Å²) in [6, 6.07) is 13.3. The number of benzene rings is 2. The van der Waals surface area contributed by atoms with Crippen molar-refractivity contribution >= 4 is 21.9 Å². The summed E-state index contributed by atoms with van der Waals surface area (Å²) in [5.41, 5.74) is 3.52. The molecule has 1 amide bonds. The fourth-order valence-electron chi connectivity index (χ4n) is 2.79. The highest BCUT2D eigenvalue weighted by Crippen LogP contribution is 2.28. The van der Waals surface area contributed by atoms with E-state index < -0.39 is 27.9 Å². The highest BCUT2D eigenvalue weighted by molar-refractivity contribution is 7.88. The summed E-state index contributed by atoms with van der Waals surface area (Å²) in [4.78, 5) is 29.2. The molecule has 0 spiro atoms. The van der Waals surface area contributed by atoms with Gasteiger partial charge in [0.05, 0.1) is 19.8 Å². The van der Waals surface area contributed by atoms with E-state index in [0.717, 1.165) is 11.8 Å². The third-order valence-corrected chi connectivity index (χ3v) is 5.11. The van der Waals surface area contributed by atoms with Crippen LogP contribution in [0, 0.1) is 17.8 Å². The Hall–Kier alpha value is -3.55. The van der Waals surface area contributed by atoms with E-state index in [-0.39, 0.29) is 18.9 Å². The normalized spacial score (nSPS) is 11.7. The van der Waals surface area contributed by atoms with Crippen LogP contribution in [-0.2, 0) is 30.9 Å². The second kappa shape index (κ2) is 12.6. The summed E-state index contributed by atoms with van der Waals surface area (Å²) >= 11 is 0. The van der Waals surface area contributed by atoms with Crippen LogP contribution in [0.25, 0.3) is 0 Å². The predicted octanol–water partition coefficient (Wildman–Crippen LogP) is 1.82. The molecule has 0 saturated carbocycles. The lowest BCUT2D eigenvalue weighted by Gasteiger charge is -2.19. The van der Waals surface area contributed by atoms with Crippen molar-refractivity contribution in [2.24, 2.45) is 5.92 Å². The van der Waals surface area contributed by atoms with Crippen LogP contribution < -0.4 is 19.7 Å². The van der Waals surface area contributed by atoms with E-state index in [9.17, 15) is 18.0 Å². The number of hydroxylamine groups is 1. The van der Waals surface area contributed by atoms with Crippen molar-refractivity contribution in [2.45, 2.75) is 26.3 Å². The zero-order chi connectivity index (χ0) is 25.1. The fraction of sp³-hybridized carbons (Fsp3) is 0.333. The average molecular weight is 489 g/mol. The zero-order valence-electron chi connectivity index (χ0n) is 19.5. The smallest absolute Gasteiger partial charge is 0.350 e. The highest BCUT2D eigenvalue weighted by Gasteiger charge is 2.27. The number of nitrogens with one attached hydrogen (secondary N) is 2. The standard InChI is InChI=1S/C24H28N2O7S/c1-17(2)23(26-34(4,29)30)24(28)33-25-22(27)16-19-12-13-20(21(15-19)31-3)32-14-8-11-18-9-6-5-7-10-18/h5-7,9-10,12-13,15,17,23,26H,14,16H2,1-4H3,(H,25,27). The largest absolute Gasteiger partial charge is 0.493 e. The van der Waals surface area contributed by atoms with Crippen LogP contribution in [0.5, 0.6) is 11.5 Å². The topological polar surface area (TPSA) is 120 Å². The molecule has 2 N–H and O–H groups in total. The van der Waals surface area contributed by atoms with Gasteiger partial charge in [0.2, 0.25) is 10.0 Å². The van der Waals surface area contributed by atoms with Crippen molar-refractivity contribution in [2.75, 3.05) is 20.0 Å². The van der Waals surface area contributed by atoms with Crippen LogP contribution in [0.4, 0.5) is 0 Å². The van der Waals surface area contributed by atoms with Crippen molar-refractivity contribution in [3.63, 3.8) is 0 Å². The first-order valence-corrected chi connectivity index (χ1v) is 12.3. The van der Waals surface area contributed by atoms with E-state index >= 15 is 0 Å². The van der Waals surface area contributed by atoms with Crippen LogP contribution in [0.1, 0.15) is 25.0 Å². The summed E-state index contributed by atoms with van der Waals surface area (Å²) in [7, 11) is -2.16. The van der Waals surface area contributed by atoms with Crippen molar-refractivity contribution < 1.29 is 32.3 Å². The van der Waals surface area contributed by atoms with Gasteiger partial charge in [0.25, 0.3) is 5.91 Å². The second-order valence-electron chi connectivity index (χ2n) is 7.68. The molecule has 34 heavy (non-hydrogen) atoms. The van der Waals surface area contributed by atoms with E-state index in [1.807, 2.05) is 35.8 Å². The molecular weight excluding hydrogens is 460 g/mol. The molecule has 0 radical (unpaired) electrons. The maximum Gasteiger partial charge on any atom is 0.350 e. The van der Waals surface area contributed by atoms with E-state index in [0.29, 0.717) is 17.1 Å². The van der Waals surface area contributed by atoms with Gasteiger partial charge in [-0.15, -0.1) is 0 Å². The Labute approximate surface area is 199 Å². The molecular formula is C24H28N2O7S. The number of methoxy groups -OCH3 is 1. The Kier molecular flexibility index (Phi) is 9.92. The van der Waals surface area contributed by atoms with E-state index in [2.05, 4.69) is 16.6 Å². The van der Waals surface area contributed by atoms with Gasteiger partial charge < -0.3 is 14.3 Å². The Balaban J connectivity index is 1.92. The van der Waals surface area contributed by atoms with Gasteiger partial charge in [-0.1, -0.05) is 50.0 Å². The minimum atomic E-state index is -3.63. The maximum atomic E-state index is 12.2. The number of ether oxygens (including phenoxy) is 2. The second-order valence-corrected chi connectivity index (χ2v) is 9.46. The summed E-state index contributed by atoms with van der Waals surface area (Å²) < 4.78 is 36.0. The molecule has 0 bridgehead atoms. The first-order valence-electron chi connectivity index (χ1n) is 10.4. The number of hydrogen-bond acceptors (Lipinski definition) is 7. The molecule has 2 rings (SSSR count). The van der Waals surface area contributed by atoms with Crippen LogP contribution >= 0.6 is 0 Å². The molecule has 9 nitrogen and oxygen atoms in total. The highest BCUT2D eigenvalue weighted by atomic mass is 32.2. The third kappa shape index (κ3) is 9.13. The molecule has 0 fully saturated rings. The molecule has 2 aromatic rings. The van der Waals surface area contributed by atoms with Crippen LogP contribution in [-0.4, -0.2) is 46.3 Å². The Morgan fingerprint density at radius 2 is 1.76 bits per heavy atom. The first kappa shape index (κ1) is 26.7. The predicted molar refractivity (Wildman–Crippen MR) is 126 cm³/mol. The van der Waals surface area contributed by atoms with Crippen LogP contribution in [0.2, 0.25) is 0 Å². The molecule has 0 aliphatic rings. The average Bonchev–Trinajstić information content (AvgIpc) is 2.79. The van der Waals surface area contributed by atoms with Gasteiger partial charge in [-0.25, -0.2) is 17.9 Å². The lowest BCUT2D eigenvalue weighted by Crippen LogP contribution is -2.47. The van der Waals surface area contributed by atoms with Gasteiger partial charge in [-0.3, -0.25) is 4.79 Å². The molecule has 1 unspecified atom stereocenters. The van der Waals surface area contributed by atoms with Gasteiger partial charge >= 0.3 is 5.97 Å². The molecule has 0 heterocycles. The number of amides is 1. The molecule has 0 aromatic heterocycles. The van der Waals surface area contributed by atoms with Crippen molar-refractivity contribution in [3.05, 3.63) is 59.7 Å². The van der Waals surface area contributed by atoms with Gasteiger partial charge in [0.1, 0.15) is 12.6 Å². The maximum absolute atomic E-state index is 12.2. The zero-order valence-corrected chi connectivity index (χ0v) is 20.3. The fourth-order valence-corrected chi connectivity index (χ4v) is 3.62. The number of carbonyl (C=O) groups is 2. The van der Waals surface area contributed by atoms with Crippen molar-refractivity contribution in [3.8, 4) is 23.3 Å². The van der Waals surface area contributed by atoms with Crippen molar-refractivity contribution in [1.29, 1.82) is 0 Å². The number of sulfonamides is 1. The monoisotopic (exact) mass is 488 g/mol. The first-order chi connectivity index (χ1) is 16.1. The van der Waals surface area contributed by atoms with Gasteiger partial charge in [-0.2, -0.15) is 5.48 Å². The van der Waals surface area contributed by atoms with Gasteiger partial charge in [-0.05, 0) is 35.7 Å². The Bertz CT molecular complexity index is 1150. The summed E-state index contributed by atoms with van der Waals surface area (Å²) in [5, 5.41) is 0. The van der Waals surface area contributed by atoms with Crippen molar-refractivity contribution in [1.82, 2.24) is 10.2 Å². The molecule has 2 aromatic carbocycles. The molecule has 1 atom stereocenters. The van der Waals surface area contributed by atoms with Gasteiger partial charge in [0, 0.05) is 5.56 Å². The van der Waals surface area contributed by atoms with Gasteiger partial charge in [0.15, 0.2) is 11.5 Å². The van der Waals surface area contributed by atoms with E-state index in [1.54, 1.807) is 32.0 Å².